The van der Waals surface area contributed by atoms with Crippen LogP contribution in [0.3, 0.4) is 0 Å². The van der Waals surface area contributed by atoms with Gasteiger partial charge in [0.05, 0.1) is 28.4 Å². The molecule has 0 atom stereocenters. The highest BCUT2D eigenvalue weighted by molar-refractivity contribution is 9.10. The molecule has 1 heterocycles. The number of aromatic nitrogens is 2. The van der Waals surface area contributed by atoms with E-state index in [0.717, 1.165) is 10.2 Å². The summed E-state index contributed by atoms with van der Waals surface area (Å²) < 4.78 is 2.38. The predicted octanol–water partition coefficient (Wildman–Crippen LogP) is 3.76. The summed E-state index contributed by atoms with van der Waals surface area (Å²) in [5.41, 5.74) is 1.22. The van der Waals surface area contributed by atoms with Crippen molar-refractivity contribution in [1.29, 1.82) is 5.26 Å². The van der Waals surface area contributed by atoms with Gasteiger partial charge in [-0.15, -0.1) is 0 Å². The Kier molecular flexibility index (Phi) is 4.27. The number of nitriles is 1. The highest BCUT2D eigenvalue weighted by Gasteiger charge is 2.13. The van der Waals surface area contributed by atoms with Crippen molar-refractivity contribution in [2.75, 3.05) is 5.75 Å². The molecule has 0 aliphatic rings. The molecular weight excluding hydrogens is 362 g/mol. The summed E-state index contributed by atoms with van der Waals surface area (Å²) in [7, 11) is 0. The van der Waals surface area contributed by atoms with E-state index in [2.05, 4.69) is 27.0 Å². The number of para-hydroxylation sites is 1. The molecule has 6 heteroatoms. The van der Waals surface area contributed by atoms with E-state index in [1.54, 1.807) is 16.7 Å². The van der Waals surface area contributed by atoms with Crippen molar-refractivity contribution in [3.63, 3.8) is 0 Å². The van der Waals surface area contributed by atoms with Crippen LogP contribution in [-0.2, 0) is 0 Å². The van der Waals surface area contributed by atoms with Crippen molar-refractivity contribution in [3.05, 3.63) is 63.4 Å². The van der Waals surface area contributed by atoms with E-state index in [0.29, 0.717) is 16.1 Å². The molecule has 0 aliphatic heterocycles. The second-order valence-corrected chi connectivity index (χ2v) is 6.34. The molecule has 0 unspecified atom stereocenters. The maximum atomic E-state index is 12.9. The van der Waals surface area contributed by atoms with Gasteiger partial charge in [0.25, 0.3) is 5.56 Å². The first-order chi connectivity index (χ1) is 10.7. The number of thioether (sulfide) groups is 1. The highest BCUT2D eigenvalue weighted by Crippen LogP contribution is 2.22. The number of benzene rings is 2. The molecule has 3 aromatic rings. The first-order valence-corrected chi connectivity index (χ1v) is 8.26. The minimum absolute atomic E-state index is 0.141. The Labute approximate surface area is 139 Å². The van der Waals surface area contributed by atoms with Crippen LogP contribution >= 0.6 is 27.7 Å². The Morgan fingerprint density at radius 1 is 1.23 bits per heavy atom. The summed E-state index contributed by atoms with van der Waals surface area (Å²) in [6, 6.07) is 16.8. The zero-order valence-corrected chi connectivity index (χ0v) is 13.8. The first kappa shape index (κ1) is 14.8. The van der Waals surface area contributed by atoms with Crippen LogP contribution in [0, 0.1) is 11.3 Å². The Hall–Kier alpha value is -2.10. The molecule has 22 heavy (non-hydrogen) atoms. The second kappa shape index (κ2) is 6.34. The largest absolute Gasteiger partial charge is 0.268 e. The van der Waals surface area contributed by atoms with Crippen molar-refractivity contribution >= 4 is 38.6 Å². The van der Waals surface area contributed by atoms with E-state index in [4.69, 9.17) is 5.26 Å². The highest BCUT2D eigenvalue weighted by atomic mass is 79.9. The van der Waals surface area contributed by atoms with Gasteiger partial charge in [-0.2, -0.15) is 5.26 Å². The fourth-order valence-corrected chi connectivity index (χ4v) is 3.17. The van der Waals surface area contributed by atoms with Crippen molar-refractivity contribution in [2.24, 2.45) is 0 Å². The molecule has 3 rings (SSSR count). The van der Waals surface area contributed by atoms with Crippen molar-refractivity contribution in [2.45, 2.75) is 5.16 Å². The maximum Gasteiger partial charge on any atom is 0.266 e. The normalized spacial score (nSPS) is 10.5. The zero-order chi connectivity index (χ0) is 15.5. The molecule has 0 saturated carbocycles. The summed E-state index contributed by atoms with van der Waals surface area (Å²) in [6.45, 7) is 0. The van der Waals surface area contributed by atoms with Crippen LogP contribution in [0.25, 0.3) is 16.6 Å². The fourth-order valence-electron chi connectivity index (χ4n) is 2.14. The lowest BCUT2D eigenvalue weighted by atomic mass is 10.2. The maximum absolute atomic E-state index is 12.9. The first-order valence-electron chi connectivity index (χ1n) is 6.48. The molecule has 0 N–H and O–H groups in total. The van der Waals surface area contributed by atoms with Crippen LogP contribution in [0.15, 0.2) is 63.0 Å². The van der Waals surface area contributed by atoms with E-state index in [1.165, 1.54) is 11.8 Å². The Balaban J connectivity index is 2.33. The van der Waals surface area contributed by atoms with E-state index < -0.39 is 0 Å². The predicted molar refractivity (Wildman–Crippen MR) is 91.4 cm³/mol. The number of halogens is 1. The van der Waals surface area contributed by atoms with E-state index in [1.807, 2.05) is 36.4 Å². The van der Waals surface area contributed by atoms with E-state index in [9.17, 15) is 4.79 Å². The van der Waals surface area contributed by atoms with Gasteiger partial charge in [0, 0.05) is 4.47 Å². The van der Waals surface area contributed by atoms with Gasteiger partial charge in [0.2, 0.25) is 0 Å². The average Bonchev–Trinajstić information content (AvgIpc) is 2.54. The number of rotatable bonds is 3. The van der Waals surface area contributed by atoms with Crippen LogP contribution in [0.4, 0.5) is 0 Å². The molecule has 0 amide bonds. The zero-order valence-electron chi connectivity index (χ0n) is 11.4. The molecular formula is C16H10BrN3OS. The van der Waals surface area contributed by atoms with Gasteiger partial charge in [-0.25, -0.2) is 4.98 Å². The van der Waals surface area contributed by atoms with Crippen LogP contribution in [0.1, 0.15) is 0 Å². The Morgan fingerprint density at radius 2 is 2.00 bits per heavy atom. The Morgan fingerprint density at radius 3 is 2.73 bits per heavy atom. The monoisotopic (exact) mass is 371 g/mol. The van der Waals surface area contributed by atoms with E-state index in [-0.39, 0.29) is 11.3 Å². The van der Waals surface area contributed by atoms with E-state index >= 15 is 0 Å². The third-order valence-electron chi connectivity index (χ3n) is 3.08. The van der Waals surface area contributed by atoms with Gasteiger partial charge in [0.15, 0.2) is 5.16 Å². The van der Waals surface area contributed by atoms with Gasteiger partial charge >= 0.3 is 0 Å². The molecule has 0 fully saturated rings. The molecule has 0 radical (unpaired) electrons. The standard InChI is InChI=1S/C16H10BrN3OS/c17-11-6-7-14-13(10-11)15(21)20(12-4-2-1-3-5-12)16(19-14)22-9-8-18/h1-7,10H,9H2. The lowest BCUT2D eigenvalue weighted by molar-refractivity contribution is 0.821. The molecule has 0 saturated heterocycles. The quantitative estimate of drug-likeness (QED) is 0.519. The lowest BCUT2D eigenvalue weighted by Crippen LogP contribution is -2.21. The fraction of sp³-hybridized carbons (Fsp3) is 0.0625. The number of fused-ring (bicyclic) bond motifs is 1. The molecule has 4 nitrogen and oxygen atoms in total. The number of nitrogens with zero attached hydrogens (tertiary/aromatic N) is 3. The second-order valence-electron chi connectivity index (χ2n) is 4.48. The minimum Gasteiger partial charge on any atom is -0.268 e. The minimum atomic E-state index is -0.141. The summed E-state index contributed by atoms with van der Waals surface area (Å²) in [6.07, 6.45) is 0. The molecule has 1 aromatic heterocycles. The third kappa shape index (κ3) is 2.78. The van der Waals surface area contributed by atoms with Crippen LogP contribution in [-0.4, -0.2) is 15.3 Å². The summed E-state index contributed by atoms with van der Waals surface area (Å²) in [5, 5.41) is 9.88. The van der Waals surface area contributed by atoms with Crippen LogP contribution in [0.5, 0.6) is 0 Å². The van der Waals surface area contributed by atoms with Gasteiger partial charge < -0.3 is 0 Å². The average molecular weight is 372 g/mol. The summed E-state index contributed by atoms with van der Waals surface area (Å²) >= 11 is 4.64. The number of hydrogen-bond acceptors (Lipinski definition) is 4. The summed E-state index contributed by atoms with van der Waals surface area (Å²) in [5.74, 6) is 0.237. The molecule has 0 spiro atoms. The molecule has 2 aromatic carbocycles. The van der Waals surface area contributed by atoms with Crippen molar-refractivity contribution < 1.29 is 0 Å². The smallest absolute Gasteiger partial charge is 0.266 e. The van der Waals surface area contributed by atoms with Gasteiger partial charge in [0.1, 0.15) is 0 Å². The SMILES string of the molecule is N#CCSc1nc2ccc(Br)cc2c(=O)n1-c1ccccc1. The van der Waals surface area contributed by atoms with Crippen molar-refractivity contribution in [1.82, 2.24) is 9.55 Å². The molecule has 0 aliphatic carbocycles. The third-order valence-corrected chi connectivity index (χ3v) is 4.38. The Bertz CT molecular complexity index is 932. The van der Waals surface area contributed by atoms with Crippen LogP contribution in [0.2, 0.25) is 0 Å². The lowest BCUT2D eigenvalue weighted by Gasteiger charge is -2.12. The van der Waals surface area contributed by atoms with Gasteiger partial charge in [-0.05, 0) is 30.3 Å². The molecule has 108 valence electrons. The van der Waals surface area contributed by atoms with Crippen molar-refractivity contribution in [3.8, 4) is 11.8 Å². The van der Waals surface area contributed by atoms with Gasteiger partial charge in [-0.3, -0.25) is 9.36 Å². The molecule has 0 bridgehead atoms. The van der Waals surface area contributed by atoms with Crippen LogP contribution < -0.4 is 5.56 Å². The topological polar surface area (TPSA) is 58.7 Å². The summed E-state index contributed by atoms with van der Waals surface area (Å²) in [4.78, 5) is 17.4. The van der Waals surface area contributed by atoms with Gasteiger partial charge in [-0.1, -0.05) is 45.9 Å². The number of hydrogen-bond donors (Lipinski definition) is 0.